The summed E-state index contributed by atoms with van der Waals surface area (Å²) in [5, 5.41) is 0. The van der Waals surface area contributed by atoms with Gasteiger partial charge in [0, 0.05) is 0 Å². The molecule has 1 heteroatoms. The first-order valence-electron chi connectivity index (χ1n) is 19.5. The predicted octanol–water partition coefficient (Wildman–Crippen LogP) is 16.0. The molecule has 0 rings (SSSR count). The van der Waals surface area contributed by atoms with E-state index in [1.807, 2.05) is 0 Å². The molecular weight excluding hydrogens is 511 g/mol. The summed E-state index contributed by atoms with van der Waals surface area (Å²) in [5.41, 5.74) is 0. The van der Waals surface area contributed by atoms with E-state index in [1.165, 1.54) is 218 Å². The minimum Gasteiger partial charge on any atom is -0.0840 e. The van der Waals surface area contributed by atoms with Crippen molar-refractivity contribution in [3.63, 3.8) is 0 Å². The topological polar surface area (TPSA) is 0 Å². The Bertz CT molecular complexity index is 449. The fraction of sp³-hybridized carbons (Fsp3) is 0.900. The molecule has 0 atom stereocenters. The Morgan fingerprint density at radius 3 is 0.683 bits per heavy atom. The van der Waals surface area contributed by atoms with Gasteiger partial charge < -0.3 is 0 Å². The third-order valence-corrected chi connectivity index (χ3v) is 9.73. The van der Waals surface area contributed by atoms with E-state index >= 15 is 0 Å². The zero-order valence-corrected chi connectivity index (χ0v) is 29.9. The van der Waals surface area contributed by atoms with Gasteiger partial charge in [-0.15, -0.1) is 0 Å². The van der Waals surface area contributed by atoms with Crippen molar-refractivity contribution in [3.05, 3.63) is 23.8 Å². The van der Waals surface area contributed by atoms with Crippen molar-refractivity contribution >= 4 is 8.58 Å². The first kappa shape index (κ1) is 40.9. The van der Waals surface area contributed by atoms with Gasteiger partial charge in [-0.05, 0) is 25.7 Å². The maximum Gasteiger partial charge on any atom is -0.0347 e. The van der Waals surface area contributed by atoms with E-state index in [-0.39, 0.29) is 0 Å². The summed E-state index contributed by atoms with van der Waals surface area (Å²) in [6.45, 7) is 4.61. The highest BCUT2D eigenvalue weighted by Crippen LogP contribution is 2.18. The third kappa shape index (κ3) is 39.9. The van der Waals surface area contributed by atoms with E-state index in [4.69, 9.17) is 0 Å². The summed E-state index contributed by atoms with van der Waals surface area (Å²) in [4.78, 5) is 0. The van der Waals surface area contributed by atoms with Gasteiger partial charge in [-0.1, -0.05) is 239 Å². The minimum atomic E-state index is 0.893. The molecule has 0 heterocycles. The van der Waals surface area contributed by atoms with Crippen molar-refractivity contribution in [2.45, 2.75) is 232 Å². The van der Waals surface area contributed by atoms with Gasteiger partial charge in [-0.3, -0.25) is 0 Å². The van der Waals surface area contributed by atoms with E-state index in [2.05, 4.69) is 37.6 Å². The molecule has 0 radical (unpaired) electrons. The first-order chi connectivity index (χ1) is 20.4. The molecule has 0 aromatic carbocycles. The van der Waals surface area contributed by atoms with Crippen LogP contribution in [0.5, 0.6) is 0 Å². The smallest absolute Gasteiger partial charge is 0.0347 e. The van der Waals surface area contributed by atoms with E-state index < -0.39 is 0 Å². The maximum atomic E-state index is 2.43. The van der Waals surface area contributed by atoms with Crippen LogP contribution < -0.4 is 0 Å². The molecular formula is C40H79P. The van der Waals surface area contributed by atoms with Crippen LogP contribution in [0.4, 0.5) is 0 Å². The first-order valence-corrected chi connectivity index (χ1v) is 20.6. The van der Waals surface area contributed by atoms with E-state index in [0.717, 1.165) is 8.58 Å². The Morgan fingerprint density at radius 1 is 0.268 bits per heavy atom. The molecule has 0 aliphatic rings. The molecule has 41 heavy (non-hydrogen) atoms. The van der Waals surface area contributed by atoms with Gasteiger partial charge in [0.1, 0.15) is 0 Å². The molecule has 0 saturated heterocycles. The number of hydrogen-bond donors (Lipinski definition) is 0. The minimum absolute atomic E-state index is 0.893. The van der Waals surface area contributed by atoms with Crippen LogP contribution in [0.3, 0.4) is 0 Å². The van der Waals surface area contributed by atoms with Gasteiger partial charge in [0.25, 0.3) is 0 Å². The van der Waals surface area contributed by atoms with Crippen LogP contribution in [0, 0.1) is 0 Å². The highest BCUT2D eigenvalue weighted by atomic mass is 31.1. The molecule has 0 spiro atoms. The molecule has 0 aromatic rings. The van der Waals surface area contributed by atoms with Gasteiger partial charge in [0.2, 0.25) is 0 Å². The van der Waals surface area contributed by atoms with Crippen LogP contribution in [0.15, 0.2) is 23.8 Å². The zero-order chi connectivity index (χ0) is 29.6. The Morgan fingerprint density at radius 2 is 0.463 bits per heavy atom. The summed E-state index contributed by atoms with van der Waals surface area (Å²) in [5.74, 6) is 4.82. The van der Waals surface area contributed by atoms with Crippen LogP contribution in [0.2, 0.25) is 0 Å². The molecule has 0 aromatic heterocycles. The fourth-order valence-corrected chi connectivity index (χ4v) is 6.70. The van der Waals surface area contributed by atoms with Crippen molar-refractivity contribution in [1.82, 2.24) is 0 Å². The van der Waals surface area contributed by atoms with Gasteiger partial charge in [0.15, 0.2) is 0 Å². The monoisotopic (exact) mass is 591 g/mol. The quantitative estimate of drug-likeness (QED) is 0.0503. The van der Waals surface area contributed by atoms with Crippen molar-refractivity contribution in [3.8, 4) is 0 Å². The lowest BCUT2D eigenvalue weighted by Gasteiger charge is -2.03. The highest BCUT2D eigenvalue weighted by molar-refractivity contribution is 7.45. The van der Waals surface area contributed by atoms with Crippen molar-refractivity contribution in [2.75, 3.05) is 0 Å². The summed E-state index contributed by atoms with van der Waals surface area (Å²) in [6, 6.07) is 0. The van der Waals surface area contributed by atoms with Crippen molar-refractivity contribution in [2.24, 2.45) is 0 Å². The molecule has 244 valence electrons. The molecule has 0 unspecified atom stereocenters. The molecule has 0 nitrogen and oxygen atoms in total. The van der Waals surface area contributed by atoms with Crippen molar-refractivity contribution < 1.29 is 0 Å². The summed E-state index contributed by atoms with van der Waals surface area (Å²) < 4.78 is 0. The van der Waals surface area contributed by atoms with E-state index in [1.54, 1.807) is 0 Å². The summed E-state index contributed by atoms with van der Waals surface area (Å²) >= 11 is 0. The molecule has 0 N–H and O–H groups in total. The van der Waals surface area contributed by atoms with Crippen LogP contribution in [-0.2, 0) is 0 Å². The standard InChI is InChI=1S/C40H79P/c1-3-5-7-9-11-13-15-17-19-21-23-25-27-29-31-33-35-37-39-41-40-38-36-34-32-30-28-26-24-22-20-18-16-14-12-10-8-6-4-2/h37-41H,3-36H2,1-2H3/b39-37+,40-38+. The van der Waals surface area contributed by atoms with Crippen molar-refractivity contribution in [1.29, 1.82) is 0 Å². The molecule has 0 aliphatic carbocycles. The average Bonchev–Trinajstić information content (AvgIpc) is 2.98. The lowest BCUT2D eigenvalue weighted by Crippen LogP contribution is -1.83. The Hall–Kier alpha value is -0.0900. The highest BCUT2D eigenvalue weighted by Gasteiger charge is 1.96. The summed E-state index contributed by atoms with van der Waals surface area (Å²) in [7, 11) is 0.893. The van der Waals surface area contributed by atoms with E-state index in [0.29, 0.717) is 0 Å². The van der Waals surface area contributed by atoms with Gasteiger partial charge in [0.05, 0.1) is 0 Å². The molecule has 0 saturated carbocycles. The molecule has 0 aliphatic heterocycles. The van der Waals surface area contributed by atoms with Crippen LogP contribution >= 0.6 is 8.58 Å². The third-order valence-electron chi connectivity index (χ3n) is 8.88. The molecule has 0 fully saturated rings. The van der Waals surface area contributed by atoms with Gasteiger partial charge in [-0.2, -0.15) is 0 Å². The molecule has 0 amide bonds. The predicted molar refractivity (Wildman–Crippen MR) is 195 cm³/mol. The SMILES string of the molecule is CCCCCCCCCCCCCCCCCC/C=C/P/C=C/CCCCCCCCCCCCCCCCCC. The normalized spacial score (nSPS) is 12.0. The fourth-order valence-electron chi connectivity index (χ4n) is 5.98. The largest absolute Gasteiger partial charge is 0.0840 e. The number of hydrogen-bond acceptors (Lipinski definition) is 0. The Balaban J connectivity index is 3.14. The molecule has 0 bridgehead atoms. The number of unbranched alkanes of at least 4 members (excludes halogenated alkanes) is 32. The van der Waals surface area contributed by atoms with E-state index in [9.17, 15) is 0 Å². The average molecular weight is 591 g/mol. The zero-order valence-electron chi connectivity index (χ0n) is 28.9. The second-order valence-electron chi connectivity index (χ2n) is 13.2. The lowest BCUT2D eigenvalue weighted by molar-refractivity contribution is 0.530. The van der Waals surface area contributed by atoms with Crippen LogP contribution in [-0.4, -0.2) is 0 Å². The maximum absolute atomic E-state index is 2.43. The number of allylic oxidation sites excluding steroid dienone is 2. The number of rotatable bonds is 36. The summed E-state index contributed by atoms with van der Waals surface area (Å²) in [6.07, 6.45) is 54.1. The van der Waals surface area contributed by atoms with Gasteiger partial charge in [-0.25, -0.2) is 0 Å². The van der Waals surface area contributed by atoms with Crippen LogP contribution in [0.1, 0.15) is 232 Å². The Kier molecular flexibility index (Phi) is 39.8. The lowest BCUT2D eigenvalue weighted by atomic mass is 10.0. The van der Waals surface area contributed by atoms with Crippen LogP contribution in [0.25, 0.3) is 0 Å². The van der Waals surface area contributed by atoms with Gasteiger partial charge >= 0.3 is 0 Å². The Labute approximate surface area is 264 Å². The second kappa shape index (κ2) is 39.9. The second-order valence-corrected chi connectivity index (χ2v) is 14.2.